The minimum Gasteiger partial charge on any atom is -0.317 e. The SMILES string of the molecule is CCCNCCCc1nnc(-c2cccc([N+](=O)[O-])c2)s1. The van der Waals surface area contributed by atoms with E-state index in [0.29, 0.717) is 0 Å². The number of aryl methyl sites for hydroxylation is 1. The Kier molecular flexibility index (Phi) is 5.77. The summed E-state index contributed by atoms with van der Waals surface area (Å²) in [6.07, 6.45) is 3.03. The first-order chi connectivity index (χ1) is 10.2. The summed E-state index contributed by atoms with van der Waals surface area (Å²) in [4.78, 5) is 10.4. The molecule has 1 aromatic heterocycles. The van der Waals surface area contributed by atoms with Gasteiger partial charge in [0, 0.05) is 24.1 Å². The molecular formula is C14H18N4O2S. The van der Waals surface area contributed by atoms with Gasteiger partial charge in [-0.15, -0.1) is 10.2 Å². The molecule has 0 aliphatic rings. The first kappa shape index (κ1) is 15.5. The molecule has 2 aromatic rings. The molecule has 0 aliphatic heterocycles. The number of non-ortho nitro benzene ring substituents is 1. The van der Waals surface area contributed by atoms with E-state index in [1.54, 1.807) is 6.07 Å². The van der Waals surface area contributed by atoms with Crippen LogP contribution in [0.1, 0.15) is 24.8 Å². The molecule has 1 aromatic carbocycles. The van der Waals surface area contributed by atoms with Crippen molar-refractivity contribution in [3.05, 3.63) is 39.4 Å². The summed E-state index contributed by atoms with van der Waals surface area (Å²) in [5.41, 5.74) is 0.824. The summed E-state index contributed by atoms with van der Waals surface area (Å²) in [6.45, 7) is 4.15. The topological polar surface area (TPSA) is 81.0 Å². The van der Waals surface area contributed by atoms with Crippen molar-refractivity contribution in [2.45, 2.75) is 26.2 Å². The Bertz CT molecular complexity index is 600. The van der Waals surface area contributed by atoms with Crippen LogP contribution in [0.4, 0.5) is 5.69 Å². The van der Waals surface area contributed by atoms with E-state index in [9.17, 15) is 10.1 Å². The lowest BCUT2D eigenvalue weighted by molar-refractivity contribution is -0.384. The highest BCUT2D eigenvalue weighted by atomic mass is 32.1. The third kappa shape index (κ3) is 4.57. The number of nitro groups is 1. The molecule has 6 nitrogen and oxygen atoms in total. The Morgan fingerprint density at radius 2 is 2.19 bits per heavy atom. The van der Waals surface area contributed by atoms with Crippen molar-refractivity contribution in [3.8, 4) is 10.6 Å². The number of nitro benzene ring substituents is 1. The van der Waals surface area contributed by atoms with Gasteiger partial charge in [0.05, 0.1) is 4.92 Å². The van der Waals surface area contributed by atoms with E-state index in [2.05, 4.69) is 22.4 Å². The molecule has 0 spiro atoms. The molecule has 0 unspecified atom stereocenters. The summed E-state index contributed by atoms with van der Waals surface area (Å²) in [5, 5.41) is 24.1. The maximum Gasteiger partial charge on any atom is 0.270 e. The average Bonchev–Trinajstić information content (AvgIpc) is 2.96. The zero-order valence-electron chi connectivity index (χ0n) is 11.9. The quantitative estimate of drug-likeness (QED) is 0.460. The van der Waals surface area contributed by atoms with Crippen LogP contribution in [0.15, 0.2) is 24.3 Å². The molecule has 2 rings (SSSR count). The molecule has 0 aliphatic carbocycles. The molecule has 7 heteroatoms. The van der Waals surface area contributed by atoms with Crippen LogP contribution in [0.2, 0.25) is 0 Å². The van der Waals surface area contributed by atoms with Crippen molar-refractivity contribution in [3.63, 3.8) is 0 Å². The number of rotatable bonds is 8. The largest absolute Gasteiger partial charge is 0.317 e. The van der Waals surface area contributed by atoms with E-state index in [1.807, 2.05) is 6.07 Å². The van der Waals surface area contributed by atoms with Crippen LogP contribution < -0.4 is 5.32 Å². The Morgan fingerprint density at radius 3 is 2.95 bits per heavy atom. The van der Waals surface area contributed by atoms with Crippen molar-refractivity contribution >= 4 is 17.0 Å². The lowest BCUT2D eigenvalue weighted by atomic mass is 10.2. The minimum absolute atomic E-state index is 0.0769. The van der Waals surface area contributed by atoms with E-state index < -0.39 is 4.92 Å². The fraction of sp³-hybridized carbons (Fsp3) is 0.429. The first-order valence-electron chi connectivity index (χ1n) is 6.98. The van der Waals surface area contributed by atoms with Gasteiger partial charge in [-0.1, -0.05) is 30.4 Å². The molecule has 21 heavy (non-hydrogen) atoms. The Labute approximate surface area is 127 Å². The fourth-order valence-corrected chi connectivity index (χ4v) is 2.77. The van der Waals surface area contributed by atoms with Gasteiger partial charge in [-0.25, -0.2) is 0 Å². The third-order valence-corrected chi connectivity index (χ3v) is 3.97. The molecule has 0 fully saturated rings. The van der Waals surface area contributed by atoms with Gasteiger partial charge in [0.25, 0.3) is 5.69 Å². The van der Waals surface area contributed by atoms with Crippen LogP contribution in [0, 0.1) is 10.1 Å². The van der Waals surface area contributed by atoms with Gasteiger partial charge in [-0.2, -0.15) is 0 Å². The standard InChI is InChI=1S/C14H18N4O2S/c1-2-8-15-9-4-7-13-16-17-14(21-13)11-5-3-6-12(10-11)18(19)20/h3,5-6,10,15H,2,4,7-9H2,1H3. The van der Waals surface area contributed by atoms with E-state index >= 15 is 0 Å². The van der Waals surface area contributed by atoms with Gasteiger partial charge >= 0.3 is 0 Å². The van der Waals surface area contributed by atoms with Crippen molar-refractivity contribution in [1.29, 1.82) is 0 Å². The summed E-state index contributed by atoms with van der Waals surface area (Å²) < 4.78 is 0. The fourth-order valence-electron chi connectivity index (χ4n) is 1.89. The monoisotopic (exact) mass is 306 g/mol. The number of hydrogen-bond acceptors (Lipinski definition) is 6. The zero-order chi connectivity index (χ0) is 15.1. The van der Waals surface area contributed by atoms with E-state index in [4.69, 9.17) is 0 Å². The van der Waals surface area contributed by atoms with Gasteiger partial charge in [0.2, 0.25) is 0 Å². The van der Waals surface area contributed by atoms with E-state index in [-0.39, 0.29) is 5.69 Å². The highest BCUT2D eigenvalue weighted by molar-refractivity contribution is 7.14. The van der Waals surface area contributed by atoms with Crippen molar-refractivity contribution < 1.29 is 4.92 Å². The van der Waals surface area contributed by atoms with Crippen LogP contribution in [-0.4, -0.2) is 28.2 Å². The molecule has 1 heterocycles. The minimum atomic E-state index is -0.398. The van der Waals surface area contributed by atoms with Gasteiger partial charge in [-0.05, 0) is 25.9 Å². The third-order valence-electron chi connectivity index (χ3n) is 2.94. The van der Waals surface area contributed by atoms with E-state index in [0.717, 1.165) is 47.9 Å². The van der Waals surface area contributed by atoms with Crippen LogP contribution in [0.5, 0.6) is 0 Å². The van der Waals surface area contributed by atoms with Gasteiger partial charge < -0.3 is 5.32 Å². The lowest BCUT2D eigenvalue weighted by Gasteiger charge is -2.00. The Morgan fingerprint density at radius 1 is 1.33 bits per heavy atom. The van der Waals surface area contributed by atoms with Crippen LogP contribution in [-0.2, 0) is 6.42 Å². The highest BCUT2D eigenvalue weighted by Crippen LogP contribution is 2.26. The van der Waals surface area contributed by atoms with Crippen LogP contribution in [0.25, 0.3) is 10.6 Å². The summed E-state index contributed by atoms with van der Waals surface area (Å²) in [5.74, 6) is 0. The smallest absolute Gasteiger partial charge is 0.270 e. The predicted octanol–water partition coefficient (Wildman–Crippen LogP) is 3.05. The molecule has 0 amide bonds. The second kappa shape index (κ2) is 7.80. The zero-order valence-corrected chi connectivity index (χ0v) is 12.7. The Hall–Kier alpha value is -1.86. The molecule has 1 N–H and O–H groups in total. The maximum absolute atomic E-state index is 10.8. The number of aromatic nitrogens is 2. The first-order valence-corrected chi connectivity index (χ1v) is 7.80. The van der Waals surface area contributed by atoms with Crippen LogP contribution >= 0.6 is 11.3 Å². The maximum atomic E-state index is 10.8. The molecule has 0 saturated heterocycles. The predicted molar refractivity (Wildman–Crippen MR) is 83.5 cm³/mol. The molecule has 0 radical (unpaired) electrons. The van der Waals surface area contributed by atoms with Crippen LogP contribution in [0.3, 0.4) is 0 Å². The summed E-state index contributed by atoms with van der Waals surface area (Å²) in [6, 6.07) is 6.50. The molecule has 112 valence electrons. The number of hydrogen-bond donors (Lipinski definition) is 1. The normalized spacial score (nSPS) is 10.7. The number of benzene rings is 1. The summed E-state index contributed by atoms with van der Waals surface area (Å²) in [7, 11) is 0. The van der Waals surface area contributed by atoms with Gasteiger partial charge in [0.15, 0.2) is 0 Å². The summed E-state index contributed by atoms with van der Waals surface area (Å²) >= 11 is 1.50. The average molecular weight is 306 g/mol. The molecule has 0 saturated carbocycles. The van der Waals surface area contributed by atoms with Gasteiger partial charge in [0.1, 0.15) is 10.0 Å². The second-order valence-electron chi connectivity index (χ2n) is 4.66. The highest BCUT2D eigenvalue weighted by Gasteiger charge is 2.11. The number of nitrogens with zero attached hydrogens (tertiary/aromatic N) is 3. The lowest BCUT2D eigenvalue weighted by Crippen LogP contribution is -2.16. The Balaban J connectivity index is 1.96. The van der Waals surface area contributed by atoms with E-state index in [1.165, 1.54) is 23.5 Å². The van der Waals surface area contributed by atoms with Crippen molar-refractivity contribution in [2.24, 2.45) is 0 Å². The van der Waals surface area contributed by atoms with Crippen molar-refractivity contribution in [1.82, 2.24) is 15.5 Å². The molecular weight excluding hydrogens is 288 g/mol. The second-order valence-corrected chi connectivity index (χ2v) is 5.72. The number of nitrogens with one attached hydrogen (secondary N) is 1. The molecule has 0 bridgehead atoms. The van der Waals surface area contributed by atoms with Gasteiger partial charge in [-0.3, -0.25) is 10.1 Å². The van der Waals surface area contributed by atoms with Crippen molar-refractivity contribution in [2.75, 3.05) is 13.1 Å². The molecule has 0 atom stereocenters.